The summed E-state index contributed by atoms with van der Waals surface area (Å²) in [6, 6.07) is 9.07. The molecule has 1 aromatic carbocycles. The van der Waals surface area contributed by atoms with E-state index in [1.165, 1.54) is 0 Å². The molecule has 2 amide bonds. The molecule has 1 aromatic rings. The number of benzene rings is 1. The van der Waals surface area contributed by atoms with Crippen LogP contribution in [0.4, 0.5) is 4.79 Å². The minimum absolute atomic E-state index is 0.0469. The standard InChI is InChI=1S/C37H55N5O9/c1-2-41(19-29(44)31(46)32(47)30(45)20-43)18-23-5-3-22(4-6-23)17-40-35(49)50-7-8-51-37-14-24-9-25(15-37)13-36(12-24,21-37)33(39)34(48)42-27(16-38)10-26-11-28(26)42/h3-6,24-33,43-47H,2,7-15,17-21,39H2,1H3,(H,40,49)/t24-,25?,26+,27-,28-,29-,30+,31+,32+,33+,36?,37?/m0/s1. The van der Waals surface area contributed by atoms with Gasteiger partial charge in [0.2, 0.25) is 5.91 Å². The van der Waals surface area contributed by atoms with Crippen molar-refractivity contribution in [3.05, 3.63) is 35.4 Å². The minimum atomic E-state index is -1.67. The first-order chi connectivity index (χ1) is 24.4. The van der Waals surface area contributed by atoms with E-state index >= 15 is 0 Å². The second-order valence-corrected chi connectivity index (χ2v) is 16.0. The Hall–Kier alpha value is -2.87. The van der Waals surface area contributed by atoms with Crippen LogP contribution < -0.4 is 11.1 Å². The number of carbonyl (C=O) groups is 2. The molecular weight excluding hydrogens is 658 g/mol. The number of aliphatic hydroxyl groups excluding tert-OH is 5. The Balaban J connectivity index is 0.927. The van der Waals surface area contributed by atoms with Gasteiger partial charge in [0.1, 0.15) is 31.0 Å². The third-order valence-electron chi connectivity index (χ3n) is 12.3. The number of nitriles is 1. The molecule has 14 nitrogen and oxygen atoms in total. The molecule has 282 valence electrons. The van der Waals surface area contributed by atoms with Crippen molar-refractivity contribution in [1.82, 2.24) is 15.1 Å². The van der Waals surface area contributed by atoms with E-state index in [0.29, 0.717) is 30.8 Å². The quantitative estimate of drug-likeness (QED) is 0.109. The lowest BCUT2D eigenvalue weighted by Gasteiger charge is -2.63. The number of hydrogen-bond donors (Lipinski definition) is 7. The lowest BCUT2D eigenvalue weighted by atomic mass is 9.46. The Morgan fingerprint density at radius 1 is 1.02 bits per heavy atom. The van der Waals surface area contributed by atoms with Crippen LogP contribution in [0.25, 0.3) is 0 Å². The van der Waals surface area contributed by atoms with Crippen LogP contribution in [0.15, 0.2) is 24.3 Å². The monoisotopic (exact) mass is 713 g/mol. The number of carbonyl (C=O) groups excluding carboxylic acids is 2. The normalized spacial score (nSPS) is 33.2. The third kappa shape index (κ3) is 8.21. The number of piperidine rings is 1. The van der Waals surface area contributed by atoms with Crippen LogP contribution in [-0.2, 0) is 27.4 Å². The molecular formula is C37H55N5O9. The number of alkyl carbamates (subject to hydrolysis) is 1. The fourth-order valence-electron chi connectivity index (χ4n) is 9.97. The number of amides is 2. The molecule has 4 bridgehead atoms. The number of nitrogens with two attached hydrogens (primary N) is 1. The summed E-state index contributed by atoms with van der Waals surface area (Å²) >= 11 is 0. The van der Waals surface area contributed by atoms with Crippen molar-refractivity contribution in [1.29, 1.82) is 5.26 Å². The van der Waals surface area contributed by atoms with Crippen LogP contribution in [0.1, 0.15) is 69.4 Å². The molecule has 0 aromatic heterocycles. The van der Waals surface area contributed by atoms with Crippen molar-refractivity contribution in [3.63, 3.8) is 0 Å². The molecule has 51 heavy (non-hydrogen) atoms. The zero-order valence-electron chi connectivity index (χ0n) is 29.5. The fraction of sp³-hybridized carbons (Fsp3) is 0.757. The minimum Gasteiger partial charge on any atom is -0.447 e. The molecule has 1 heterocycles. The van der Waals surface area contributed by atoms with E-state index in [2.05, 4.69) is 11.4 Å². The predicted octanol–water partition coefficient (Wildman–Crippen LogP) is 0.366. The van der Waals surface area contributed by atoms with Crippen LogP contribution >= 0.6 is 0 Å². The van der Waals surface area contributed by atoms with Gasteiger partial charge in [-0.3, -0.25) is 9.69 Å². The topological polar surface area (TPSA) is 222 Å². The molecule has 0 spiro atoms. The van der Waals surface area contributed by atoms with Crippen molar-refractivity contribution < 1.29 is 44.6 Å². The van der Waals surface area contributed by atoms with Gasteiger partial charge < -0.3 is 51.0 Å². The first-order valence-electron chi connectivity index (χ1n) is 18.5. The number of fused-ring (bicyclic) bond motifs is 1. The molecule has 12 atom stereocenters. The van der Waals surface area contributed by atoms with E-state index < -0.39 is 43.2 Å². The molecule has 7 rings (SSSR count). The van der Waals surface area contributed by atoms with Gasteiger partial charge >= 0.3 is 6.09 Å². The van der Waals surface area contributed by atoms with Crippen LogP contribution in [-0.4, -0.2) is 128 Å². The highest BCUT2D eigenvalue weighted by molar-refractivity contribution is 5.84. The molecule has 1 aliphatic heterocycles. The molecule has 1 saturated heterocycles. The van der Waals surface area contributed by atoms with Crippen LogP contribution in [0.2, 0.25) is 0 Å². The molecule has 6 fully saturated rings. The van der Waals surface area contributed by atoms with E-state index in [1.807, 2.05) is 36.1 Å². The van der Waals surface area contributed by atoms with Crippen molar-refractivity contribution in [3.8, 4) is 6.07 Å². The zero-order chi connectivity index (χ0) is 36.5. The summed E-state index contributed by atoms with van der Waals surface area (Å²) in [6.07, 6.45) is 0.593. The summed E-state index contributed by atoms with van der Waals surface area (Å²) < 4.78 is 12.0. The van der Waals surface area contributed by atoms with Crippen molar-refractivity contribution in [2.75, 3.05) is 32.9 Å². The number of rotatable bonds is 17. The lowest BCUT2D eigenvalue weighted by molar-refractivity contribution is -0.203. The highest BCUT2D eigenvalue weighted by Gasteiger charge is 2.63. The fourth-order valence-corrected chi connectivity index (χ4v) is 9.97. The molecule has 0 radical (unpaired) electrons. The molecule has 3 unspecified atom stereocenters. The summed E-state index contributed by atoms with van der Waals surface area (Å²) in [5.74, 6) is 1.30. The number of hydrogen-bond acceptors (Lipinski definition) is 12. The maximum atomic E-state index is 13.7. The number of likely N-dealkylation sites (N-methyl/N-ethyl adjacent to an activating group) is 1. The maximum absolute atomic E-state index is 13.7. The van der Waals surface area contributed by atoms with E-state index in [-0.39, 0.29) is 55.3 Å². The molecule has 8 N–H and O–H groups in total. The van der Waals surface area contributed by atoms with Crippen LogP contribution in [0, 0.1) is 34.5 Å². The zero-order valence-corrected chi connectivity index (χ0v) is 29.5. The Kier molecular flexibility index (Phi) is 11.6. The largest absolute Gasteiger partial charge is 0.447 e. The number of ether oxygens (including phenoxy) is 2. The molecule has 6 aliphatic rings. The number of likely N-dealkylation sites (tertiary alicyclic amines) is 1. The van der Waals surface area contributed by atoms with E-state index in [4.69, 9.17) is 20.3 Å². The Morgan fingerprint density at radius 2 is 1.69 bits per heavy atom. The van der Waals surface area contributed by atoms with Gasteiger partial charge in [-0.05, 0) is 92.2 Å². The summed E-state index contributed by atoms with van der Waals surface area (Å²) in [7, 11) is 0. The summed E-state index contributed by atoms with van der Waals surface area (Å²) in [5, 5.41) is 61.4. The first-order valence-corrected chi connectivity index (χ1v) is 18.5. The smallest absolute Gasteiger partial charge is 0.407 e. The number of aliphatic hydroxyl groups is 5. The van der Waals surface area contributed by atoms with Crippen molar-refractivity contribution in [2.24, 2.45) is 28.9 Å². The third-order valence-corrected chi connectivity index (χ3v) is 12.3. The highest BCUT2D eigenvalue weighted by atomic mass is 16.6. The van der Waals surface area contributed by atoms with Gasteiger partial charge in [0.05, 0.1) is 37.0 Å². The summed E-state index contributed by atoms with van der Waals surface area (Å²) in [4.78, 5) is 29.9. The van der Waals surface area contributed by atoms with Gasteiger partial charge in [-0.1, -0.05) is 31.2 Å². The molecule has 14 heteroatoms. The number of nitrogens with one attached hydrogen (secondary N) is 1. The predicted molar refractivity (Wildman–Crippen MR) is 183 cm³/mol. The summed E-state index contributed by atoms with van der Waals surface area (Å²) in [6.45, 7) is 2.85. The van der Waals surface area contributed by atoms with E-state index in [9.17, 15) is 35.3 Å². The first kappa shape index (κ1) is 37.9. The van der Waals surface area contributed by atoms with Gasteiger partial charge in [0.25, 0.3) is 0 Å². The average molecular weight is 714 g/mol. The SMILES string of the molecule is CCN(Cc1ccc(CNC(=O)OCCOC23CC4C[C@H](C2)CC([C@H](N)C(=O)N2[C@H](C#N)C[C@@H]5C[C@@H]52)(C4)C3)cc1)C[C@H](O)[C@@H](O)[C@H](O)[C@H](O)CO. The van der Waals surface area contributed by atoms with Gasteiger partial charge in [-0.2, -0.15) is 5.26 Å². The summed E-state index contributed by atoms with van der Waals surface area (Å²) in [5.41, 5.74) is 7.94. The van der Waals surface area contributed by atoms with Crippen LogP contribution in [0.5, 0.6) is 0 Å². The second-order valence-electron chi connectivity index (χ2n) is 16.0. The second kappa shape index (κ2) is 15.6. The Bertz CT molecular complexity index is 1410. The van der Waals surface area contributed by atoms with Gasteiger partial charge in [0.15, 0.2) is 0 Å². The molecule has 5 saturated carbocycles. The Labute approximate surface area is 299 Å². The average Bonchev–Trinajstić information content (AvgIpc) is 3.79. The molecule has 5 aliphatic carbocycles. The number of nitrogens with zero attached hydrogens (tertiary/aromatic N) is 3. The highest BCUT2D eigenvalue weighted by Crippen LogP contribution is 2.64. The maximum Gasteiger partial charge on any atom is 0.407 e. The van der Waals surface area contributed by atoms with Gasteiger partial charge in [0, 0.05) is 25.7 Å². The van der Waals surface area contributed by atoms with Crippen LogP contribution in [0.3, 0.4) is 0 Å². The lowest BCUT2D eigenvalue weighted by Crippen LogP contribution is -2.65. The van der Waals surface area contributed by atoms with Crippen molar-refractivity contribution in [2.45, 2.75) is 120 Å². The van der Waals surface area contributed by atoms with E-state index in [1.54, 1.807) is 4.90 Å². The van der Waals surface area contributed by atoms with E-state index in [0.717, 1.165) is 62.5 Å². The van der Waals surface area contributed by atoms with Crippen molar-refractivity contribution >= 4 is 12.0 Å². The van der Waals surface area contributed by atoms with Gasteiger partial charge in [-0.25, -0.2) is 4.79 Å². The van der Waals surface area contributed by atoms with Gasteiger partial charge in [-0.15, -0.1) is 0 Å². The Morgan fingerprint density at radius 3 is 2.33 bits per heavy atom.